The van der Waals surface area contributed by atoms with Gasteiger partial charge in [0.2, 0.25) is 5.91 Å². The number of nitrogens with one attached hydrogen (secondary N) is 1. The molecule has 0 aliphatic carbocycles. The van der Waals surface area contributed by atoms with Crippen LogP contribution in [0.3, 0.4) is 0 Å². The Labute approximate surface area is 155 Å². The summed E-state index contributed by atoms with van der Waals surface area (Å²) in [5.41, 5.74) is 0.395. The van der Waals surface area contributed by atoms with Crippen molar-refractivity contribution in [3.8, 4) is 0 Å². The third kappa shape index (κ3) is 3.46. The standard InChI is InChI=1S/C18H22FN3O3S/c1-24-15-5-7-22(11-18(15)6-2-8-25-18)10-16(23)21-17-20-13-4-3-12(19)9-14(13)26-17/h3-4,9,15H,2,5-8,10-11H2,1H3,(H,20,21,23). The van der Waals surface area contributed by atoms with Crippen LogP contribution in [0.15, 0.2) is 18.2 Å². The van der Waals surface area contributed by atoms with Gasteiger partial charge < -0.3 is 14.8 Å². The number of amides is 1. The van der Waals surface area contributed by atoms with Crippen molar-refractivity contribution in [3.05, 3.63) is 24.0 Å². The molecule has 1 aromatic heterocycles. The third-order valence-corrected chi connectivity index (χ3v) is 6.10. The number of likely N-dealkylation sites (tertiary alicyclic amines) is 1. The minimum atomic E-state index is -0.304. The number of aromatic nitrogens is 1. The normalized spacial score (nSPS) is 26.6. The first-order chi connectivity index (χ1) is 12.6. The van der Waals surface area contributed by atoms with Crippen LogP contribution in [-0.2, 0) is 14.3 Å². The molecule has 6 nitrogen and oxygen atoms in total. The van der Waals surface area contributed by atoms with E-state index < -0.39 is 0 Å². The van der Waals surface area contributed by atoms with Crippen molar-refractivity contribution in [3.63, 3.8) is 0 Å². The summed E-state index contributed by atoms with van der Waals surface area (Å²) in [4.78, 5) is 18.9. The second-order valence-corrected chi connectivity index (χ2v) is 7.95. The van der Waals surface area contributed by atoms with E-state index in [9.17, 15) is 9.18 Å². The van der Waals surface area contributed by atoms with Gasteiger partial charge in [0.1, 0.15) is 11.4 Å². The van der Waals surface area contributed by atoms with E-state index in [0.29, 0.717) is 17.2 Å². The SMILES string of the molecule is COC1CCN(CC(=O)Nc2nc3ccc(F)cc3s2)CC12CCCO2. The zero-order valence-electron chi connectivity index (χ0n) is 14.7. The third-order valence-electron chi connectivity index (χ3n) is 5.17. The van der Waals surface area contributed by atoms with E-state index in [0.717, 1.165) is 37.1 Å². The molecule has 1 aromatic carbocycles. The fourth-order valence-electron chi connectivity index (χ4n) is 4.00. The lowest BCUT2D eigenvalue weighted by Gasteiger charge is -2.44. The van der Waals surface area contributed by atoms with Crippen molar-refractivity contribution >= 4 is 32.6 Å². The number of anilines is 1. The molecule has 2 aliphatic rings. The van der Waals surface area contributed by atoms with E-state index in [1.807, 2.05) is 0 Å². The number of fused-ring (bicyclic) bond motifs is 1. The molecule has 2 atom stereocenters. The van der Waals surface area contributed by atoms with E-state index in [4.69, 9.17) is 9.47 Å². The Bertz CT molecular complexity index is 806. The first kappa shape index (κ1) is 17.8. The lowest BCUT2D eigenvalue weighted by atomic mass is 9.87. The molecule has 0 saturated carbocycles. The Hall–Kier alpha value is -1.61. The fourth-order valence-corrected chi connectivity index (χ4v) is 4.91. The van der Waals surface area contributed by atoms with E-state index in [1.54, 1.807) is 13.2 Å². The van der Waals surface area contributed by atoms with Gasteiger partial charge in [0.05, 0.1) is 22.9 Å². The van der Waals surface area contributed by atoms with Gasteiger partial charge in [0.15, 0.2) is 5.13 Å². The molecule has 2 aromatic rings. The molecule has 8 heteroatoms. The molecule has 0 radical (unpaired) electrons. The van der Waals surface area contributed by atoms with E-state index in [-0.39, 0.29) is 30.0 Å². The quantitative estimate of drug-likeness (QED) is 0.885. The predicted molar refractivity (Wildman–Crippen MR) is 98.0 cm³/mol. The summed E-state index contributed by atoms with van der Waals surface area (Å²) >= 11 is 1.28. The first-order valence-electron chi connectivity index (χ1n) is 8.83. The highest BCUT2D eigenvalue weighted by atomic mass is 32.1. The lowest BCUT2D eigenvalue weighted by molar-refractivity contribution is -0.146. The number of piperidine rings is 1. The molecule has 3 heterocycles. The Morgan fingerprint density at radius 1 is 1.58 bits per heavy atom. The van der Waals surface area contributed by atoms with Gasteiger partial charge in [-0.1, -0.05) is 11.3 Å². The number of carbonyl (C=O) groups excluding carboxylic acids is 1. The Balaban J connectivity index is 1.39. The highest BCUT2D eigenvalue weighted by Gasteiger charge is 2.47. The number of hydrogen-bond donors (Lipinski definition) is 1. The molecule has 1 spiro atoms. The highest BCUT2D eigenvalue weighted by molar-refractivity contribution is 7.22. The Morgan fingerprint density at radius 2 is 2.46 bits per heavy atom. The topological polar surface area (TPSA) is 63.7 Å². The summed E-state index contributed by atoms with van der Waals surface area (Å²) in [5, 5.41) is 3.33. The fraction of sp³-hybridized carbons (Fsp3) is 0.556. The molecule has 2 fully saturated rings. The maximum absolute atomic E-state index is 13.3. The van der Waals surface area contributed by atoms with Crippen LogP contribution in [0.5, 0.6) is 0 Å². The van der Waals surface area contributed by atoms with Crippen molar-refractivity contribution in [2.75, 3.05) is 38.7 Å². The summed E-state index contributed by atoms with van der Waals surface area (Å²) in [7, 11) is 1.73. The minimum Gasteiger partial charge on any atom is -0.378 e. The van der Waals surface area contributed by atoms with Crippen LogP contribution in [0.25, 0.3) is 10.2 Å². The molecule has 2 saturated heterocycles. The number of nitrogens with zero attached hydrogens (tertiary/aromatic N) is 2. The van der Waals surface area contributed by atoms with Crippen LogP contribution in [0, 0.1) is 5.82 Å². The number of carbonyl (C=O) groups is 1. The van der Waals surface area contributed by atoms with Crippen LogP contribution in [0.2, 0.25) is 0 Å². The van der Waals surface area contributed by atoms with Gasteiger partial charge in [-0.15, -0.1) is 0 Å². The van der Waals surface area contributed by atoms with E-state index in [2.05, 4.69) is 15.2 Å². The molecule has 1 amide bonds. The molecular weight excluding hydrogens is 357 g/mol. The van der Waals surface area contributed by atoms with E-state index in [1.165, 1.54) is 23.5 Å². The molecular formula is C18H22FN3O3S. The molecule has 2 unspecified atom stereocenters. The van der Waals surface area contributed by atoms with Crippen molar-refractivity contribution in [1.82, 2.24) is 9.88 Å². The van der Waals surface area contributed by atoms with Crippen LogP contribution >= 0.6 is 11.3 Å². The zero-order chi connectivity index (χ0) is 18.1. The second kappa shape index (κ2) is 7.19. The predicted octanol–water partition coefficient (Wildman–Crippen LogP) is 2.64. The number of thiazole rings is 1. The molecule has 2 aliphatic heterocycles. The summed E-state index contributed by atoms with van der Waals surface area (Å²) in [5.74, 6) is -0.421. The largest absolute Gasteiger partial charge is 0.378 e. The smallest absolute Gasteiger partial charge is 0.240 e. The maximum atomic E-state index is 13.3. The number of methoxy groups -OCH3 is 1. The van der Waals surface area contributed by atoms with Gasteiger partial charge in [-0.3, -0.25) is 9.69 Å². The van der Waals surface area contributed by atoms with Crippen LogP contribution in [0.4, 0.5) is 9.52 Å². The summed E-state index contributed by atoms with van der Waals surface area (Å²) in [6, 6.07) is 4.42. The monoisotopic (exact) mass is 379 g/mol. The molecule has 26 heavy (non-hydrogen) atoms. The Kier molecular flexibility index (Phi) is 4.92. The van der Waals surface area contributed by atoms with E-state index >= 15 is 0 Å². The summed E-state index contributed by atoms with van der Waals surface area (Å²) < 4.78 is 25.7. The van der Waals surface area contributed by atoms with Crippen LogP contribution < -0.4 is 5.32 Å². The Morgan fingerprint density at radius 3 is 3.23 bits per heavy atom. The highest BCUT2D eigenvalue weighted by Crippen LogP contribution is 2.36. The minimum absolute atomic E-state index is 0.0865. The van der Waals surface area contributed by atoms with Gasteiger partial charge in [0, 0.05) is 26.8 Å². The van der Waals surface area contributed by atoms with Gasteiger partial charge in [-0.2, -0.15) is 0 Å². The lowest BCUT2D eigenvalue weighted by Crippen LogP contribution is -2.58. The molecule has 1 N–H and O–H groups in total. The van der Waals surface area contributed by atoms with Crippen molar-refractivity contribution in [2.24, 2.45) is 0 Å². The van der Waals surface area contributed by atoms with Gasteiger partial charge in [-0.25, -0.2) is 9.37 Å². The summed E-state index contributed by atoms with van der Waals surface area (Å²) in [6.07, 6.45) is 2.93. The van der Waals surface area contributed by atoms with Crippen molar-refractivity contribution < 1.29 is 18.7 Å². The second-order valence-electron chi connectivity index (χ2n) is 6.92. The average molecular weight is 379 g/mol. The number of halogens is 1. The van der Waals surface area contributed by atoms with Crippen LogP contribution in [-0.4, -0.2) is 60.8 Å². The van der Waals surface area contributed by atoms with Crippen molar-refractivity contribution in [2.45, 2.75) is 31.0 Å². The van der Waals surface area contributed by atoms with Gasteiger partial charge in [0.25, 0.3) is 0 Å². The summed E-state index contributed by atoms with van der Waals surface area (Å²) in [6.45, 7) is 2.53. The average Bonchev–Trinajstić information content (AvgIpc) is 3.21. The van der Waals surface area contributed by atoms with Gasteiger partial charge in [-0.05, 0) is 37.5 Å². The van der Waals surface area contributed by atoms with Crippen molar-refractivity contribution in [1.29, 1.82) is 0 Å². The maximum Gasteiger partial charge on any atom is 0.240 e. The molecule has 0 bridgehead atoms. The molecule has 4 rings (SSSR count). The number of rotatable bonds is 4. The van der Waals surface area contributed by atoms with Crippen LogP contribution in [0.1, 0.15) is 19.3 Å². The zero-order valence-corrected chi connectivity index (χ0v) is 15.5. The molecule has 140 valence electrons. The number of hydrogen-bond acceptors (Lipinski definition) is 6. The number of benzene rings is 1. The first-order valence-corrected chi connectivity index (χ1v) is 9.65. The van der Waals surface area contributed by atoms with Gasteiger partial charge >= 0.3 is 0 Å². The number of ether oxygens (including phenoxy) is 2.